The van der Waals surface area contributed by atoms with Gasteiger partial charge in [0.05, 0.1) is 16.8 Å². The Hall–Kier alpha value is -8.20. The summed E-state index contributed by atoms with van der Waals surface area (Å²) in [5.74, 6) is 0.982. The third-order valence-corrected chi connectivity index (χ3v) is 16.6. The van der Waals surface area contributed by atoms with Crippen LogP contribution in [0.3, 0.4) is 0 Å². The molecule has 3 atom stereocenters. The predicted octanol–water partition coefficient (Wildman–Crippen LogP) is 17.1. The van der Waals surface area contributed by atoms with Crippen LogP contribution in [0.15, 0.2) is 255 Å². The molecule has 0 aromatic heterocycles. The Morgan fingerprint density at radius 1 is 0.329 bits per heavy atom. The molecule has 1 saturated carbocycles. The molecule has 3 unspecified atom stereocenters. The van der Waals surface area contributed by atoms with Crippen molar-refractivity contribution in [3.8, 4) is 22.3 Å². The molecular weight excluding hydrogens is 845 g/mol. The van der Waals surface area contributed by atoms with Crippen molar-refractivity contribution in [2.75, 3.05) is 9.80 Å². The molecule has 2 heteroatoms. The van der Waals surface area contributed by atoms with Crippen molar-refractivity contribution < 1.29 is 0 Å². The number of fused-ring (bicyclic) bond motifs is 5. The van der Waals surface area contributed by atoms with Gasteiger partial charge >= 0.3 is 0 Å². The van der Waals surface area contributed by atoms with E-state index in [1.54, 1.807) is 0 Å². The zero-order valence-electron chi connectivity index (χ0n) is 39.1. The van der Waals surface area contributed by atoms with Crippen LogP contribution in [-0.4, -0.2) is 0 Å². The summed E-state index contributed by atoms with van der Waals surface area (Å²) in [6.45, 7) is 0. The first-order chi connectivity index (χ1) is 34.7. The molecular formula is C68H52N2. The van der Waals surface area contributed by atoms with E-state index in [4.69, 9.17) is 0 Å². The predicted molar refractivity (Wildman–Crippen MR) is 289 cm³/mol. The average Bonchev–Trinajstić information content (AvgIpc) is 4.15. The maximum Gasteiger partial charge on any atom is 0.0714 e. The minimum absolute atomic E-state index is 0.174. The molecule has 1 spiro atoms. The molecule has 70 heavy (non-hydrogen) atoms. The van der Waals surface area contributed by atoms with Crippen LogP contribution < -0.4 is 9.80 Å². The number of nitrogens with zero attached hydrogens (tertiary/aromatic N) is 2. The van der Waals surface area contributed by atoms with Crippen molar-refractivity contribution in [2.45, 2.75) is 36.5 Å². The number of rotatable bonds is 9. The molecule has 2 nitrogen and oxygen atoms in total. The molecule has 1 fully saturated rings. The highest BCUT2D eigenvalue weighted by molar-refractivity contribution is 5.91. The molecule has 0 aliphatic heterocycles. The Kier molecular flexibility index (Phi) is 9.46. The molecule has 10 aromatic carbocycles. The van der Waals surface area contributed by atoms with Crippen molar-refractivity contribution in [3.63, 3.8) is 0 Å². The number of para-hydroxylation sites is 2. The average molecular weight is 897 g/mol. The van der Waals surface area contributed by atoms with Crippen molar-refractivity contribution in [3.05, 3.63) is 299 Å². The van der Waals surface area contributed by atoms with Gasteiger partial charge in [-0.1, -0.05) is 194 Å². The zero-order chi connectivity index (χ0) is 46.2. The first kappa shape index (κ1) is 40.8. The third-order valence-electron chi connectivity index (χ3n) is 16.6. The lowest BCUT2D eigenvalue weighted by molar-refractivity contribution is 0.350. The van der Waals surface area contributed by atoms with Crippen LogP contribution >= 0.6 is 0 Å². The summed E-state index contributed by atoms with van der Waals surface area (Å²) in [6, 6.07) is 95.5. The van der Waals surface area contributed by atoms with Gasteiger partial charge in [0, 0.05) is 28.2 Å². The molecule has 334 valence electrons. The maximum atomic E-state index is 2.62. The van der Waals surface area contributed by atoms with E-state index in [1.165, 1.54) is 114 Å². The van der Waals surface area contributed by atoms with Crippen molar-refractivity contribution in [2.24, 2.45) is 11.8 Å². The smallest absolute Gasteiger partial charge is 0.0714 e. The van der Waals surface area contributed by atoms with Gasteiger partial charge < -0.3 is 9.80 Å². The van der Waals surface area contributed by atoms with Crippen LogP contribution in [0.25, 0.3) is 22.3 Å². The van der Waals surface area contributed by atoms with Crippen LogP contribution in [0.4, 0.5) is 34.1 Å². The van der Waals surface area contributed by atoms with Gasteiger partial charge in [0.15, 0.2) is 0 Å². The van der Waals surface area contributed by atoms with Crippen LogP contribution in [0, 0.1) is 11.8 Å². The van der Waals surface area contributed by atoms with Gasteiger partial charge in [-0.3, -0.25) is 0 Å². The molecule has 10 aromatic rings. The number of benzene rings is 10. The highest BCUT2D eigenvalue weighted by Crippen LogP contribution is 2.69. The Morgan fingerprint density at radius 3 is 1.31 bits per heavy atom. The van der Waals surface area contributed by atoms with Gasteiger partial charge in [0.25, 0.3) is 0 Å². The second-order valence-electron chi connectivity index (χ2n) is 19.9. The number of anilines is 6. The summed E-state index contributed by atoms with van der Waals surface area (Å²) in [7, 11) is 0. The molecule has 4 aliphatic rings. The Labute approximate surface area is 411 Å². The standard InChI is InChI=1S/C68H52N2/c1-6-20-47(21-7-1)48-36-40-57(41-37-48)69(55-28-12-4-13-29-55)63-34-18-22-49-44-53-38-39-54-45-50-23-19-35-64(66(50)68(53,54)65(49)63)70(56-30-14-5-15-31-56)58-42-43-60-59-32-16-17-33-61(59)67(62(60)46-58,51-24-8-2-9-25-51)52-26-10-3-11-27-52/h1-37,40-43,46,53-54H,38-39,44-45H2. The second-order valence-corrected chi connectivity index (χ2v) is 19.9. The normalized spacial score (nSPS) is 18.5. The summed E-state index contributed by atoms with van der Waals surface area (Å²) in [4.78, 5) is 5.17. The molecule has 14 rings (SSSR count). The van der Waals surface area contributed by atoms with Gasteiger partial charge in [-0.05, 0) is 165 Å². The summed E-state index contributed by atoms with van der Waals surface area (Å²) in [5, 5.41) is 0. The van der Waals surface area contributed by atoms with Crippen LogP contribution in [0.2, 0.25) is 0 Å². The Bertz CT molecular complexity index is 3500. The van der Waals surface area contributed by atoms with Gasteiger partial charge in [0.1, 0.15) is 0 Å². The fourth-order valence-corrected chi connectivity index (χ4v) is 14.0. The van der Waals surface area contributed by atoms with Crippen molar-refractivity contribution in [1.82, 2.24) is 0 Å². The maximum absolute atomic E-state index is 2.62. The lowest BCUT2D eigenvalue weighted by Gasteiger charge is -2.40. The van der Waals surface area contributed by atoms with Gasteiger partial charge in [-0.25, -0.2) is 0 Å². The topological polar surface area (TPSA) is 6.48 Å². The molecule has 0 amide bonds. The summed E-state index contributed by atoms with van der Waals surface area (Å²) >= 11 is 0. The van der Waals surface area contributed by atoms with Crippen molar-refractivity contribution >= 4 is 34.1 Å². The first-order valence-corrected chi connectivity index (χ1v) is 25.2. The molecule has 0 N–H and O–H groups in total. The van der Waals surface area contributed by atoms with E-state index in [2.05, 4.69) is 265 Å². The minimum atomic E-state index is -0.509. The fraction of sp³-hybridized carbons (Fsp3) is 0.118. The molecule has 0 bridgehead atoms. The van der Waals surface area contributed by atoms with Gasteiger partial charge in [-0.15, -0.1) is 0 Å². The highest BCUT2D eigenvalue weighted by Gasteiger charge is 2.62. The van der Waals surface area contributed by atoms with Gasteiger partial charge in [-0.2, -0.15) is 0 Å². The van der Waals surface area contributed by atoms with E-state index in [-0.39, 0.29) is 5.41 Å². The highest BCUT2D eigenvalue weighted by atomic mass is 15.2. The number of hydrogen-bond acceptors (Lipinski definition) is 2. The van der Waals surface area contributed by atoms with E-state index < -0.39 is 5.41 Å². The van der Waals surface area contributed by atoms with E-state index in [0.717, 1.165) is 12.8 Å². The van der Waals surface area contributed by atoms with Crippen LogP contribution in [0.1, 0.15) is 57.3 Å². The quantitative estimate of drug-likeness (QED) is 0.142. The Balaban J connectivity index is 0.994. The molecule has 4 aliphatic carbocycles. The van der Waals surface area contributed by atoms with Crippen LogP contribution in [0.5, 0.6) is 0 Å². The monoisotopic (exact) mass is 896 g/mol. The lowest BCUT2D eigenvalue weighted by atomic mass is 9.67. The SMILES string of the molecule is c1ccc(-c2ccc(N(c3ccccc3)c3cccc4c3C35c6c(cccc6N(c6ccccc6)c6ccc7c(c6)C(c6ccccc6)(c6ccccc6)c6ccccc6-7)CC3CCC5C4)cc2)cc1. The Morgan fingerprint density at radius 2 is 0.757 bits per heavy atom. The van der Waals surface area contributed by atoms with E-state index in [0.29, 0.717) is 11.8 Å². The lowest BCUT2D eigenvalue weighted by Crippen LogP contribution is -2.34. The zero-order valence-corrected chi connectivity index (χ0v) is 39.1. The van der Waals surface area contributed by atoms with E-state index >= 15 is 0 Å². The summed E-state index contributed by atoms with van der Waals surface area (Å²) < 4.78 is 0. The molecule has 0 saturated heterocycles. The van der Waals surface area contributed by atoms with E-state index in [9.17, 15) is 0 Å². The number of hydrogen-bond donors (Lipinski definition) is 0. The molecule has 0 radical (unpaired) electrons. The fourth-order valence-electron chi connectivity index (χ4n) is 14.0. The van der Waals surface area contributed by atoms with Gasteiger partial charge in [0.2, 0.25) is 0 Å². The molecule has 0 heterocycles. The second kappa shape index (κ2) is 16.2. The summed E-state index contributed by atoms with van der Waals surface area (Å²) in [5.41, 5.74) is 22.9. The minimum Gasteiger partial charge on any atom is -0.310 e. The summed E-state index contributed by atoms with van der Waals surface area (Å²) in [6.07, 6.45) is 4.62. The first-order valence-electron chi connectivity index (χ1n) is 25.2. The largest absolute Gasteiger partial charge is 0.310 e. The van der Waals surface area contributed by atoms with Crippen molar-refractivity contribution in [1.29, 1.82) is 0 Å². The van der Waals surface area contributed by atoms with Crippen LogP contribution in [-0.2, 0) is 23.7 Å². The third kappa shape index (κ3) is 5.93. The van der Waals surface area contributed by atoms with E-state index in [1.807, 2.05) is 0 Å².